The molecule has 1 saturated heterocycles. The Morgan fingerprint density at radius 1 is 1.23 bits per heavy atom. The summed E-state index contributed by atoms with van der Waals surface area (Å²) in [5.74, 6) is 1.88. The molecular weight excluding hydrogens is 376 g/mol. The van der Waals surface area contributed by atoms with Crippen molar-refractivity contribution in [2.45, 2.75) is 32.6 Å². The highest BCUT2D eigenvalue weighted by Crippen LogP contribution is 2.51. The average molecular weight is 402 g/mol. The zero-order chi connectivity index (χ0) is 20.9. The van der Waals surface area contributed by atoms with Crippen LogP contribution in [0.25, 0.3) is 22.3 Å². The molecule has 6 nitrogen and oxygen atoms in total. The Kier molecular flexibility index (Phi) is 4.38. The maximum atomic E-state index is 11.8. The monoisotopic (exact) mass is 402 g/mol. The van der Waals surface area contributed by atoms with E-state index < -0.39 is 0 Å². The summed E-state index contributed by atoms with van der Waals surface area (Å²) in [6, 6.07) is 13.4. The smallest absolute Gasteiger partial charge is 0.223 e. The maximum absolute atomic E-state index is 11.8. The topological polar surface area (TPSA) is 92.3 Å². The average Bonchev–Trinajstić information content (AvgIpc) is 3.37. The van der Waals surface area contributed by atoms with Crippen LogP contribution in [0.1, 0.15) is 31.2 Å². The molecule has 1 aliphatic heterocycles. The minimum absolute atomic E-state index is 0.147. The highest BCUT2D eigenvalue weighted by molar-refractivity contribution is 5.92. The van der Waals surface area contributed by atoms with Crippen LogP contribution in [-0.2, 0) is 4.79 Å². The van der Waals surface area contributed by atoms with Gasteiger partial charge in [-0.3, -0.25) is 4.79 Å². The van der Waals surface area contributed by atoms with Gasteiger partial charge in [-0.1, -0.05) is 18.2 Å². The van der Waals surface area contributed by atoms with E-state index in [0.717, 1.165) is 61.1 Å². The lowest BCUT2D eigenvalue weighted by atomic mass is 9.91. The van der Waals surface area contributed by atoms with Crippen molar-refractivity contribution in [2.24, 2.45) is 17.1 Å². The third-order valence-corrected chi connectivity index (χ3v) is 6.62. The molecule has 1 aliphatic carbocycles. The fourth-order valence-electron chi connectivity index (χ4n) is 4.69. The van der Waals surface area contributed by atoms with E-state index in [1.54, 1.807) is 12.1 Å². The van der Waals surface area contributed by atoms with Gasteiger partial charge in [0.15, 0.2) is 5.82 Å². The molecular formula is C24H26N4O2. The van der Waals surface area contributed by atoms with E-state index in [2.05, 4.69) is 23.1 Å². The summed E-state index contributed by atoms with van der Waals surface area (Å²) in [5, 5.41) is 11.3. The number of nitrogens with zero attached hydrogens (tertiary/aromatic N) is 3. The maximum Gasteiger partial charge on any atom is 0.223 e. The van der Waals surface area contributed by atoms with Gasteiger partial charge in [0, 0.05) is 23.9 Å². The van der Waals surface area contributed by atoms with Crippen LogP contribution in [-0.4, -0.2) is 34.1 Å². The number of para-hydroxylation sites is 1. The molecule has 1 aromatic heterocycles. The van der Waals surface area contributed by atoms with E-state index in [4.69, 9.17) is 15.7 Å². The summed E-state index contributed by atoms with van der Waals surface area (Å²) in [6.07, 6.45) is 3.74. The quantitative estimate of drug-likeness (QED) is 0.677. The van der Waals surface area contributed by atoms with Crippen molar-refractivity contribution in [1.29, 1.82) is 0 Å². The highest BCUT2D eigenvalue weighted by Gasteiger charge is 2.50. The van der Waals surface area contributed by atoms with Gasteiger partial charge in [-0.15, -0.1) is 0 Å². The van der Waals surface area contributed by atoms with Crippen LogP contribution in [0, 0.1) is 18.3 Å². The van der Waals surface area contributed by atoms with Gasteiger partial charge in [0.25, 0.3) is 0 Å². The Hall–Kier alpha value is -3.15. The Labute approximate surface area is 175 Å². The van der Waals surface area contributed by atoms with Crippen molar-refractivity contribution in [2.75, 3.05) is 18.0 Å². The number of aryl methyl sites for hydroxylation is 1. The van der Waals surface area contributed by atoms with Crippen LogP contribution in [0.5, 0.6) is 5.75 Å². The SMILES string of the molecule is Cc1ccc2c(N3CC[C@H](CC4(C(N)=O)CC4)C3)nc(-c3ccccc3O)nc2c1. The number of anilines is 1. The number of aromatic hydroxyl groups is 1. The van der Waals surface area contributed by atoms with Gasteiger partial charge in [0.05, 0.1) is 11.1 Å². The fourth-order valence-corrected chi connectivity index (χ4v) is 4.69. The first-order chi connectivity index (χ1) is 14.4. The molecule has 0 bridgehead atoms. The van der Waals surface area contributed by atoms with Crippen molar-refractivity contribution < 1.29 is 9.90 Å². The summed E-state index contributed by atoms with van der Waals surface area (Å²) in [4.78, 5) is 23.8. The number of amides is 1. The molecule has 0 unspecified atom stereocenters. The lowest BCUT2D eigenvalue weighted by Crippen LogP contribution is -2.28. The van der Waals surface area contributed by atoms with Gasteiger partial charge in [-0.05, 0) is 68.4 Å². The van der Waals surface area contributed by atoms with Gasteiger partial charge in [0.1, 0.15) is 11.6 Å². The Bertz CT molecular complexity index is 1140. The first-order valence-corrected chi connectivity index (χ1v) is 10.6. The fraction of sp³-hybridized carbons (Fsp3) is 0.375. The number of phenols is 1. The first kappa shape index (κ1) is 18.9. The van der Waals surface area contributed by atoms with Crippen LogP contribution in [0.4, 0.5) is 5.82 Å². The minimum Gasteiger partial charge on any atom is -0.507 e. The minimum atomic E-state index is -0.271. The second-order valence-electron chi connectivity index (χ2n) is 8.86. The molecule has 5 rings (SSSR count). The standard InChI is InChI=1S/C24H26N4O2/c1-15-6-7-17-19(12-15)26-21(18-4-2-3-5-20(18)29)27-22(17)28-11-8-16(14-28)13-24(9-10-24)23(25)30/h2-7,12,16,29H,8-11,13-14H2,1H3,(H2,25,30)/t16-/m1/s1. The number of fused-ring (bicyclic) bond motifs is 1. The molecule has 0 radical (unpaired) electrons. The highest BCUT2D eigenvalue weighted by atomic mass is 16.3. The zero-order valence-corrected chi connectivity index (χ0v) is 17.1. The molecule has 3 N–H and O–H groups in total. The number of benzene rings is 2. The number of carbonyl (C=O) groups is 1. The molecule has 2 heterocycles. The van der Waals surface area contributed by atoms with Crippen LogP contribution >= 0.6 is 0 Å². The van der Waals surface area contributed by atoms with E-state index >= 15 is 0 Å². The van der Waals surface area contributed by atoms with Gasteiger partial charge < -0.3 is 15.7 Å². The second kappa shape index (κ2) is 6.97. The number of primary amides is 1. The second-order valence-corrected chi connectivity index (χ2v) is 8.86. The van der Waals surface area contributed by atoms with Crippen molar-refractivity contribution in [1.82, 2.24) is 9.97 Å². The summed E-state index contributed by atoms with van der Waals surface area (Å²) in [7, 11) is 0. The summed E-state index contributed by atoms with van der Waals surface area (Å²) in [6.45, 7) is 3.79. The number of nitrogens with two attached hydrogens (primary N) is 1. The van der Waals surface area contributed by atoms with E-state index in [0.29, 0.717) is 17.3 Å². The molecule has 6 heteroatoms. The van der Waals surface area contributed by atoms with Crippen molar-refractivity contribution >= 4 is 22.6 Å². The number of hydrogen-bond donors (Lipinski definition) is 2. The molecule has 2 fully saturated rings. The predicted molar refractivity (Wildman–Crippen MR) is 117 cm³/mol. The van der Waals surface area contributed by atoms with Crippen LogP contribution in [0.3, 0.4) is 0 Å². The third kappa shape index (κ3) is 3.26. The largest absolute Gasteiger partial charge is 0.507 e. The van der Waals surface area contributed by atoms with Crippen LogP contribution in [0.15, 0.2) is 42.5 Å². The van der Waals surface area contributed by atoms with E-state index in [1.165, 1.54) is 0 Å². The van der Waals surface area contributed by atoms with Crippen LogP contribution < -0.4 is 10.6 Å². The molecule has 2 aliphatic rings. The number of aromatic nitrogens is 2. The number of carbonyl (C=O) groups excluding carboxylic acids is 1. The van der Waals surface area contributed by atoms with Gasteiger partial charge >= 0.3 is 0 Å². The molecule has 0 spiro atoms. The van der Waals surface area contributed by atoms with Crippen molar-refractivity contribution in [3.63, 3.8) is 0 Å². The van der Waals surface area contributed by atoms with E-state index in [9.17, 15) is 9.90 Å². The summed E-state index contributed by atoms with van der Waals surface area (Å²) >= 11 is 0. The first-order valence-electron chi connectivity index (χ1n) is 10.6. The van der Waals surface area contributed by atoms with E-state index in [1.807, 2.05) is 19.1 Å². The van der Waals surface area contributed by atoms with Crippen molar-refractivity contribution in [3.05, 3.63) is 48.0 Å². The molecule has 30 heavy (non-hydrogen) atoms. The normalized spacial score (nSPS) is 19.9. The molecule has 1 amide bonds. The molecule has 154 valence electrons. The molecule has 3 aromatic rings. The van der Waals surface area contributed by atoms with Gasteiger partial charge in [0.2, 0.25) is 5.91 Å². The van der Waals surface area contributed by atoms with E-state index in [-0.39, 0.29) is 17.1 Å². The van der Waals surface area contributed by atoms with Gasteiger partial charge in [-0.2, -0.15) is 0 Å². The number of hydrogen-bond acceptors (Lipinski definition) is 5. The molecule has 1 saturated carbocycles. The number of rotatable bonds is 5. The lowest BCUT2D eigenvalue weighted by Gasteiger charge is -2.21. The lowest BCUT2D eigenvalue weighted by molar-refractivity contribution is -0.123. The Balaban J connectivity index is 1.52. The Morgan fingerprint density at radius 3 is 2.77 bits per heavy atom. The summed E-state index contributed by atoms with van der Waals surface area (Å²) in [5.41, 5.74) is 8.01. The predicted octanol–water partition coefficient (Wildman–Crippen LogP) is 3.79. The molecule has 1 atom stereocenters. The summed E-state index contributed by atoms with van der Waals surface area (Å²) < 4.78 is 0. The third-order valence-electron chi connectivity index (χ3n) is 6.62. The molecule has 2 aromatic carbocycles. The zero-order valence-electron chi connectivity index (χ0n) is 17.1. The van der Waals surface area contributed by atoms with Crippen LogP contribution in [0.2, 0.25) is 0 Å². The number of phenolic OH excluding ortho intramolecular Hbond substituents is 1. The Morgan fingerprint density at radius 2 is 2.03 bits per heavy atom. The van der Waals surface area contributed by atoms with Crippen molar-refractivity contribution in [3.8, 4) is 17.1 Å². The van der Waals surface area contributed by atoms with Gasteiger partial charge in [-0.25, -0.2) is 9.97 Å².